The number of hydrogen-bond acceptors (Lipinski definition) is 3. The number of carbonyl (C=O) groups excluding carboxylic acids is 1. The molecule has 0 radical (unpaired) electrons. The predicted molar refractivity (Wildman–Crippen MR) is 87.0 cm³/mol. The molecular weight excluding hydrogens is 250 g/mol. The summed E-state index contributed by atoms with van der Waals surface area (Å²) in [6.07, 6.45) is 2.30. The van der Waals surface area contributed by atoms with Gasteiger partial charge in [-0.1, -0.05) is 13.8 Å². The Morgan fingerprint density at radius 1 is 1.00 bits per heavy atom. The van der Waals surface area contributed by atoms with Crippen LogP contribution in [-0.2, 0) is 4.79 Å². The molecule has 120 valence electrons. The standard InChI is InChI=1S/C16H35N3O/c1-7-18(8-2)13-11-12-14(5)17-15(6)16(20)19(9-3)10-4/h14-15,17H,7-13H2,1-6H3. The van der Waals surface area contributed by atoms with Gasteiger partial charge in [0.2, 0.25) is 5.91 Å². The maximum absolute atomic E-state index is 12.2. The van der Waals surface area contributed by atoms with Crippen molar-refractivity contribution >= 4 is 5.91 Å². The number of rotatable bonds is 11. The minimum Gasteiger partial charge on any atom is -0.342 e. The summed E-state index contributed by atoms with van der Waals surface area (Å²) in [5.74, 6) is 0.214. The van der Waals surface area contributed by atoms with Gasteiger partial charge >= 0.3 is 0 Å². The normalized spacial score (nSPS) is 14.3. The Bertz CT molecular complexity index is 250. The molecule has 0 aromatic carbocycles. The lowest BCUT2D eigenvalue weighted by atomic mass is 10.1. The molecule has 4 heteroatoms. The van der Waals surface area contributed by atoms with Gasteiger partial charge in [0.05, 0.1) is 6.04 Å². The summed E-state index contributed by atoms with van der Waals surface area (Å²) < 4.78 is 0. The molecule has 0 aromatic rings. The van der Waals surface area contributed by atoms with Crippen LogP contribution in [-0.4, -0.2) is 60.5 Å². The van der Waals surface area contributed by atoms with Crippen LogP contribution in [0.2, 0.25) is 0 Å². The van der Waals surface area contributed by atoms with Crippen LogP contribution in [0.4, 0.5) is 0 Å². The summed E-state index contributed by atoms with van der Waals surface area (Å²) in [7, 11) is 0. The van der Waals surface area contributed by atoms with E-state index < -0.39 is 0 Å². The largest absolute Gasteiger partial charge is 0.342 e. The van der Waals surface area contributed by atoms with Crippen LogP contribution < -0.4 is 5.32 Å². The predicted octanol–water partition coefficient (Wildman–Crippen LogP) is 2.34. The molecule has 0 heterocycles. The molecule has 4 nitrogen and oxygen atoms in total. The molecule has 0 fully saturated rings. The Labute approximate surface area is 125 Å². The van der Waals surface area contributed by atoms with E-state index in [9.17, 15) is 4.79 Å². The molecule has 0 saturated heterocycles. The van der Waals surface area contributed by atoms with Gasteiger partial charge in [0.1, 0.15) is 0 Å². The minimum absolute atomic E-state index is 0.0849. The van der Waals surface area contributed by atoms with Gasteiger partial charge in [0, 0.05) is 19.1 Å². The molecule has 0 saturated carbocycles. The minimum atomic E-state index is -0.0849. The zero-order valence-corrected chi connectivity index (χ0v) is 14.4. The Hall–Kier alpha value is -0.610. The van der Waals surface area contributed by atoms with Gasteiger partial charge in [-0.15, -0.1) is 0 Å². The number of amides is 1. The summed E-state index contributed by atoms with van der Waals surface area (Å²) in [4.78, 5) is 16.5. The monoisotopic (exact) mass is 285 g/mol. The van der Waals surface area contributed by atoms with Crippen molar-refractivity contribution in [2.24, 2.45) is 0 Å². The first-order valence-corrected chi connectivity index (χ1v) is 8.27. The first kappa shape index (κ1) is 19.4. The van der Waals surface area contributed by atoms with E-state index in [1.807, 2.05) is 25.7 Å². The van der Waals surface area contributed by atoms with Gasteiger partial charge < -0.3 is 15.1 Å². The average Bonchev–Trinajstić information content (AvgIpc) is 2.44. The van der Waals surface area contributed by atoms with Crippen molar-refractivity contribution in [3.63, 3.8) is 0 Å². The highest BCUT2D eigenvalue weighted by molar-refractivity contribution is 5.81. The Balaban J connectivity index is 4.01. The lowest BCUT2D eigenvalue weighted by molar-refractivity contribution is -0.132. The van der Waals surface area contributed by atoms with Crippen molar-refractivity contribution in [2.45, 2.75) is 66.5 Å². The SMILES string of the molecule is CCN(CC)CCCC(C)NC(C)C(=O)N(CC)CC. The van der Waals surface area contributed by atoms with Gasteiger partial charge in [-0.3, -0.25) is 4.79 Å². The molecule has 2 atom stereocenters. The van der Waals surface area contributed by atoms with Gasteiger partial charge in [0.25, 0.3) is 0 Å². The molecule has 1 amide bonds. The molecule has 0 aromatic heterocycles. The molecule has 0 spiro atoms. The van der Waals surface area contributed by atoms with Gasteiger partial charge in [-0.05, 0) is 60.2 Å². The maximum Gasteiger partial charge on any atom is 0.239 e. The third-order valence-corrected chi connectivity index (χ3v) is 3.99. The Morgan fingerprint density at radius 3 is 2.00 bits per heavy atom. The van der Waals surface area contributed by atoms with Crippen molar-refractivity contribution in [1.29, 1.82) is 0 Å². The zero-order chi connectivity index (χ0) is 15.5. The molecule has 20 heavy (non-hydrogen) atoms. The van der Waals surface area contributed by atoms with Gasteiger partial charge in [-0.25, -0.2) is 0 Å². The first-order valence-electron chi connectivity index (χ1n) is 8.27. The second-order valence-corrected chi connectivity index (χ2v) is 5.47. The highest BCUT2D eigenvalue weighted by atomic mass is 16.2. The summed E-state index contributed by atoms with van der Waals surface area (Å²) in [5, 5.41) is 3.43. The van der Waals surface area contributed by atoms with E-state index in [0.29, 0.717) is 6.04 Å². The highest BCUT2D eigenvalue weighted by Crippen LogP contribution is 2.02. The summed E-state index contributed by atoms with van der Waals surface area (Å²) in [5.41, 5.74) is 0. The molecular formula is C16H35N3O. The average molecular weight is 285 g/mol. The number of carbonyl (C=O) groups is 1. The zero-order valence-electron chi connectivity index (χ0n) is 14.4. The van der Waals surface area contributed by atoms with Crippen LogP contribution in [0, 0.1) is 0 Å². The van der Waals surface area contributed by atoms with E-state index >= 15 is 0 Å². The molecule has 0 bridgehead atoms. The fourth-order valence-electron chi connectivity index (χ4n) is 2.55. The van der Waals surface area contributed by atoms with E-state index in [-0.39, 0.29) is 11.9 Å². The fraction of sp³-hybridized carbons (Fsp3) is 0.938. The lowest BCUT2D eigenvalue weighted by Gasteiger charge is -2.26. The fourth-order valence-corrected chi connectivity index (χ4v) is 2.55. The van der Waals surface area contributed by atoms with Crippen LogP contribution in [0.5, 0.6) is 0 Å². The number of likely N-dealkylation sites (N-methyl/N-ethyl adjacent to an activating group) is 1. The van der Waals surface area contributed by atoms with Crippen molar-refractivity contribution in [1.82, 2.24) is 15.1 Å². The first-order chi connectivity index (χ1) is 9.49. The van der Waals surface area contributed by atoms with E-state index in [0.717, 1.165) is 39.1 Å². The quantitative estimate of drug-likeness (QED) is 0.633. The van der Waals surface area contributed by atoms with Crippen LogP contribution in [0.25, 0.3) is 0 Å². The Morgan fingerprint density at radius 2 is 1.55 bits per heavy atom. The number of nitrogens with zero attached hydrogens (tertiary/aromatic N) is 2. The molecule has 0 aliphatic rings. The maximum atomic E-state index is 12.2. The van der Waals surface area contributed by atoms with Crippen LogP contribution >= 0.6 is 0 Å². The van der Waals surface area contributed by atoms with Crippen LogP contribution in [0.3, 0.4) is 0 Å². The summed E-state index contributed by atoms with van der Waals surface area (Å²) >= 11 is 0. The third-order valence-electron chi connectivity index (χ3n) is 3.99. The number of nitrogens with one attached hydrogen (secondary N) is 1. The van der Waals surface area contributed by atoms with E-state index in [1.165, 1.54) is 6.42 Å². The molecule has 2 unspecified atom stereocenters. The van der Waals surface area contributed by atoms with E-state index in [2.05, 4.69) is 31.0 Å². The smallest absolute Gasteiger partial charge is 0.239 e. The summed E-state index contributed by atoms with van der Waals surface area (Å²) in [6.45, 7) is 17.6. The molecule has 0 aliphatic heterocycles. The third kappa shape index (κ3) is 7.25. The second kappa shape index (κ2) is 11.1. The van der Waals surface area contributed by atoms with Crippen LogP contribution in [0.1, 0.15) is 54.4 Å². The van der Waals surface area contributed by atoms with Crippen LogP contribution in [0.15, 0.2) is 0 Å². The molecule has 0 rings (SSSR count). The lowest BCUT2D eigenvalue weighted by Crippen LogP contribution is -2.47. The topological polar surface area (TPSA) is 35.6 Å². The van der Waals surface area contributed by atoms with Crippen molar-refractivity contribution in [2.75, 3.05) is 32.7 Å². The van der Waals surface area contributed by atoms with E-state index in [1.54, 1.807) is 0 Å². The summed E-state index contributed by atoms with van der Waals surface area (Å²) in [6, 6.07) is 0.304. The van der Waals surface area contributed by atoms with Crippen molar-refractivity contribution < 1.29 is 4.79 Å². The van der Waals surface area contributed by atoms with E-state index in [4.69, 9.17) is 0 Å². The number of hydrogen-bond donors (Lipinski definition) is 1. The second-order valence-electron chi connectivity index (χ2n) is 5.47. The van der Waals surface area contributed by atoms with Crippen molar-refractivity contribution in [3.8, 4) is 0 Å². The Kier molecular flexibility index (Phi) is 10.8. The molecule has 1 N–H and O–H groups in total. The van der Waals surface area contributed by atoms with Crippen molar-refractivity contribution in [3.05, 3.63) is 0 Å². The molecule has 0 aliphatic carbocycles. The van der Waals surface area contributed by atoms with Gasteiger partial charge in [-0.2, -0.15) is 0 Å². The highest BCUT2D eigenvalue weighted by Gasteiger charge is 2.19. The van der Waals surface area contributed by atoms with Gasteiger partial charge in [0.15, 0.2) is 0 Å².